The summed E-state index contributed by atoms with van der Waals surface area (Å²) < 4.78 is 5.27. The number of benzene rings is 2. The summed E-state index contributed by atoms with van der Waals surface area (Å²) in [6.07, 6.45) is 1.59. The van der Waals surface area contributed by atoms with Crippen LogP contribution in [0.4, 0.5) is 5.69 Å². The number of ether oxygens (including phenoxy) is 1. The summed E-state index contributed by atoms with van der Waals surface area (Å²) in [7, 11) is 1.63. The Kier molecular flexibility index (Phi) is 4.42. The summed E-state index contributed by atoms with van der Waals surface area (Å²) in [6, 6.07) is 15.1. The number of allylic oxidation sites excluding steroid dienone is 1. The summed E-state index contributed by atoms with van der Waals surface area (Å²) >= 11 is 0. The van der Waals surface area contributed by atoms with E-state index >= 15 is 0 Å². The third-order valence-corrected chi connectivity index (χ3v) is 7.03. The van der Waals surface area contributed by atoms with E-state index in [9.17, 15) is 9.59 Å². The van der Waals surface area contributed by atoms with Crippen LogP contribution in [-0.4, -0.2) is 46.5 Å². The van der Waals surface area contributed by atoms with Gasteiger partial charge < -0.3 is 19.9 Å². The average molecular weight is 432 g/mol. The third kappa shape index (κ3) is 2.52. The maximum atomic E-state index is 14.0. The molecule has 2 fully saturated rings. The van der Waals surface area contributed by atoms with Gasteiger partial charge in [0.25, 0.3) is 5.91 Å². The van der Waals surface area contributed by atoms with Crippen molar-refractivity contribution in [3.8, 4) is 5.75 Å². The number of amides is 2. The molecule has 1 N–H and O–H groups in total. The van der Waals surface area contributed by atoms with Crippen LogP contribution < -0.4 is 10.1 Å². The predicted molar refractivity (Wildman–Crippen MR) is 123 cm³/mol. The molecule has 3 aliphatic rings. The number of hydrogen-bond acceptors (Lipinski definition) is 4. The monoisotopic (exact) mass is 431 g/mol. The van der Waals surface area contributed by atoms with Crippen molar-refractivity contribution < 1.29 is 14.3 Å². The number of hydrogen-bond donors (Lipinski definition) is 1. The summed E-state index contributed by atoms with van der Waals surface area (Å²) in [5.74, 6) is 0.680. The largest absolute Gasteiger partial charge is 0.497 e. The molecule has 2 saturated heterocycles. The van der Waals surface area contributed by atoms with E-state index in [1.165, 1.54) is 0 Å². The van der Waals surface area contributed by atoms with Gasteiger partial charge in [-0.2, -0.15) is 0 Å². The van der Waals surface area contributed by atoms with Gasteiger partial charge in [0, 0.05) is 23.3 Å². The molecule has 0 unspecified atom stereocenters. The Bertz CT molecular complexity index is 1130. The number of rotatable bonds is 3. The van der Waals surface area contributed by atoms with Gasteiger partial charge in [-0.25, -0.2) is 0 Å². The molecule has 0 saturated carbocycles. The van der Waals surface area contributed by atoms with Crippen LogP contribution in [0.1, 0.15) is 38.8 Å². The third-order valence-electron chi connectivity index (χ3n) is 7.03. The second-order valence-electron chi connectivity index (χ2n) is 9.73. The van der Waals surface area contributed by atoms with Crippen molar-refractivity contribution in [3.63, 3.8) is 0 Å². The van der Waals surface area contributed by atoms with Crippen LogP contribution in [0.2, 0.25) is 0 Å². The van der Waals surface area contributed by atoms with E-state index in [0.717, 1.165) is 22.6 Å². The molecule has 1 spiro atoms. The summed E-state index contributed by atoms with van der Waals surface area (Å²) in [5, 5.41) is 3.60. The van der Waals surface area contributed by atoms with Crippen LogP contribution in [0.25, 0.3) is 0 Å². The van der Waals surface area contributed by atoms with Crippen LogP contribution in [0.5, 0.6) is 5.75 Å². The SMILES string of the molecule is C/C=C1/C(=O)N(Cc2ccc(OC)cc2)[C@@H]2C(=O)N(C(C)(C)C)[C@H]3Nc4ccccc4[C@]132. The van der Waals surface area contributed by atoms with E-state index in [0.29, 0.717) is 12.1 Å². The Morgan fingerprint density at radius 3 is 2.41 bits per heavy atom. The van der Waals surface area contributed by atoms with Crippen molar-refractivity contribution in [3.05, 3.63) is 71.3 Å². The fourth-order valence-electron chi connectivity index (χ4n) is 5.84. The molecular weight excluding hydrogens is 402 g/mol. The molecule has 3 aliphatic heterocycles. The lowest BCUT2D eigenvalue weighted by atomic mass is 9.72. The number of carbonyl (C=O) groups is 2. The van der Waals surface area contributed by atoms with Crippen molar-refractivity contribution in [1.29, 1.82) is 0 Å². The Morgan fingerprint density at radius 2 is 1.78 bits per heavy atom. The molecule has 0 aliphatic carbocycles. The van der Waals surface area contributed by atoms with Crippen molar-refractivity contribution in [2.24, 2.45) is 0 Å². The lowest BCUT2D eigenvalue weighted by Gasteiger charge is -2.39. The van der Waals surface area contributed by atoms with E-state index < -0.39 is 17.0 Å². The zero-order valence-corrected chi connectivity index (χ0v) is 19.2. The zero-order valence-electron chi connectivity index (χ0n) is 19.2. The van der Waals surface area contributed by atoms with E-state index in [4.69, 9.17) is 4.74 Å². The van der Waals surface area contributed by atoms with Crippen LogP contribution in [-0.2, 0) is 21.5 Å². The molecule has 0 radical (unpaired) electrons. The number of nitrogens with one attached hydrogen (secondary N) is 1. The van der Waals surface area contributed by atoms with Crippen LogP contribution in [0.3, 0.4) is 0 Å². The quantitative estimate of drug-likeness (QED) is 0.753. The zero-order chi connectivity index (χ0) is 22.8. The normalized spacial score (nSPS) is 27.5. The minimum Gasteiger partial charge on any atom is -0.497 e. The Morgan fingerprint density at radius 1 is 1.09 bits per heavy atom. The Balaban J connectivity index is 1.68. The van der Waals surface area contributed by atoms with E-state index in [2.05, 4.69) is 32.2 Å². The molecule has 6 heteroatoms. The van der Waals surface area contributed by atoms with Gasteiger partial charge in [0.15, 0.2) is 0 Å². The average Bonchev–Trinajstić information content (AvgIpc) is 3.30. The van der Waals surface area contributed by atoms with Crippen molar-refractivity contribution in [2.75, 3.05) is 12.4 Å². The van der Waals surface area contributed by atoms with Crippen LogP contribution in [0.15, 0.2) is 60.2 Å². The van der Waals surface area contributed by atoms with Crippen LogP contribution in [0, 0.1) is 0 Å². The first kappa shape index (κ1) is 20.6. The molecule has 2 amide bonds. The Hall–Kier alpha value is -3.28. The standard InChI is InChI=1S/C26H29N3O3/c1-6-18-22(30)28(15-16-11-13-17(32-5)14-12-16)21-23(31)29(25(2,3)4)24-26(18,21)19-9-7-8-10-20(19)27-24/h6-14,21,24,27H,15H2,1-5H3/b18-6-/t21-,24-,26+/m1/s1. The summed E-state index contributed by atoms with van der Waals surface area (Å²) in [6.45, 7) is 8.42. The number of fused-ring (bicyclic) bond motifs is 1. The molecule has 166 valence electrons. The van der Waals surface area contributed by atoms with Crippen molar-refractivity contribution in [2.45, 2.75) is 57.4 Å². The van der Waals surface area contributed by atoms with Gasteiger partial charge in [-0.05, 0) is 57.0 Å². The highest BCUT2D eigenvalue weighted by Gasteiger charge is 2.73. The van der Waals surface area contributed by atoms with Gasteiger partial charge in [0.1, 0.15) is 18.0 Å². The van der Waals surface area contributed by atoms with Gasteiger partial charge in [-0.1, -0.05) is 36.4 Å². The number of anilines is 1. The maximum Gasteiger partial charge on any atom is 0.251 e. The number of carbonyl (C=O) groups excluding carboxylic acids is 2. The molecule has 2 aromatic rings. The predicted octanol–water partition coefficient (Wildman–Crippen LogP) is 3.68. The van der Waals surface area contributed by atoms with Gasteiger partial charge in [-0.3, -0.25) is 9.59 Å². The molecule has 3 atom stereocenters. The molecule has 0 aromatic heterocycles. The molecule has 2 aromatic carbocycles. The first-order chi connectivity index (χ1) is 15.2. The Labute approximate surface area is 188 Å². The highest BCUT2D eigenvalue weighted by Crippen LogP contribution is 2.59. The number of nitrogens with zero attached hydrogens (tertiary/aromatic N) is 2. The number of para-hydroxylation sites is 1. The van der Waals surface area contributed by atoms with Gasteiger partial charge in [0.05, 0.1) is 12.5 Å². The molecule has 5 rings (SSSR count). The molecular formula is C26H29N3O3. The van der Waals surface area contributed by atoms with E-state index in [1.807, 2.05) is 60.4 Å². The topological polar surface area (TPSA) is 61.9 Å². The minimum atomic E-state index is -0.737. The second kappa shape index (κ2) is 6.86. The molecule has 0 bridgehead atoms. The molecule has 32 heavy (non-hydrogen) atoms. The summed E-state index contributed by atoms with van der Waals surface area (Å²) in [4.78, 5) is 31.5. The maximum absolute atomic E-state index is 14.0. The molecule has 6 nitrogen and oxygen atoms in total. The fraction of sp³-hybridized carbons (Fsp3) is 0.385. The van der Waals surface area contributed by atoms with Crippen molar-refractivity contribution in [1.82, 2.24) is 9.80 Å². The fourth-order valence-corrected chi connectivity index (χ4v) is 5.84. The lowest BCUT2D eigenvalue weighted by molar-refractivity contribution is -0.142. The van der Waals surface area contributed by atoms with Crippen molar-refractivity contribution >= 4 is 17.5 Å². The highest BCUT2D eigenvalue weighted by atomic mass is 16.5. The highest BCUT2D eigenvalue weighted by molar-refractivity contribution is 6.09. The van der Waals surface area contributed by atoms with Crippen LogP contribution >= 0.6 is 0 Å². The minimum absolute atomic E-state index is 0.0109. The lowest BCUT2D eigenvalue weighted by Crippen LogP contribution is -2.53. The number of methoxy groups -OCH3 is 1. The number of likely N-dealkylation sites (tertiary alicyclic amines) is 2. The first-order valence-electron chi connectivity index (χ1n) is 11.0. The van der Waals surface area contributed by atoms with Gasteiger partial charge >= 0.3 is 0 Å². The van der Waals surface area contributed by atoms with Gasteiger partial charge in [0.2, 0.25) is 5.91 Å². The van der Waals surface area contributed by atoms with E-state index in [1.54, 1.807) is 12.0 Å². The second-order valence-corrected chi connectivity index (χ2v) is 9.73. The molecule has 3 heterocycles. The summed E-state index contributed by atoms with van der Waals surface area (Å²) in [5.41, 5.74) is 2.53. The van der Waals surface area contributed by atoms with Gasteiger partial charge in [-0.15, -0.1) is 0 Å². The van der Waals surface area contributed by atoms with E-state index in [-0.39, 0.29) is 18.0 Å². The first-order valence-corrected chi connectivity index (χ1v) is 11.0. The smallest absolute Gasteiger partial charge is 0.251 e.